The second kappa shape index (κ2) is 8.63. The average molecular weight is 389 g/mol. The van der Waals surface area contributed by atoms with Gasteiger partial charge in [-0.1, -0.05) is 25.5 Å². The van der Waals surface area contributed by atoms with E-state index >= 15 is 0 Å². The highest BCUT2D eigenvalue weighted by molar-refractivity contribution is 7.20. The number of thiophene rings is 1. The van der Waals surface area contributed by atoms with Crippen LogP contribution in [0.4, 0.5) is 4.39 Å². The lowest BCUT2D eigenvalue weighted by molar-refractivity contribution is 0.0724. The fourth-order valence-corrected chi connectivity index (χ4v) is 4.16. The van der Waals surface area contributed by atoms with E-state index < -0.39 is 0 Å². The largest absolute Gasteiger partial charge is 0.395 e. The zero-order valence-corrected chi connectivity index (χ0v) is 16.4. The van der Waals surface area contributed by atoms with Crippen LogP contribution in [0, 0.1) is 12.7 Å². The number of rotatable bonds is 8. The van der Waals surface area contributed by atoms with Crippen LogP contribution in [0.2, 0.25) is 0 Å². The first-order valence-electron chi connectivity index (χ1n) is 9.15. The quantitative estimate of drug-likeness (QED) is 0.637. The second-order valence-electron chi connectivity index (χ2n) is 6.57. The first-order valence-corrected chi connectivity index (χ1v) is 9.96. The van der Waals surface area contributed by atoms with E-state index in [-0.39, 0.29) is 18.3 Å². The third-order valence-electron chi connectivity index (χ3n) is 4.50. The summed E-state index contributed by atoms with van der Waals surface area (Å²) < 4.78 is 15.0. The number of benzene rings is 1. The van der Waals surface area contributed by atoms with Gasteiger partial charge in [0.1, 0.15) is 10.6 Å². The molecule has 3 rings (SSSR count). The number of hydrogen-bond donors (Lipinski definition) is 1. The van der Waals surface area contributed by atoms with Gasteiger partial charge in [-0.2, -0.15) is 5.10 Å². The zero-order valence-electron chi connectivity index (χ0n) is 15.6. The molecule has 0 aliphatic rings. The summed E-state index contributed by atoms with van der Waals surface area (Å²) in [5.74, 6) is -0.313. The van der Waals surface area contributed by atoms with Gasteiger partial charge in [0.25, 0.3) is 5.91 Å². The summed E-state index contributed by atoms with van der Waals surface area (Å²) in [6.45, 7) is 5.47. The van der Waals surface area contributed by atoms with Gasteiger partial charge in [-0.15, -0.1) is 11.3 Å². The molecule has 144 valence electrons. The Morgan fingerprint density at radius 1 is 1.30 bits per heavy atom. The number of halogens is 1. The van der Waals surface area contributed by atoms with Gasteiger partial charge in [-0.05, 0) is 37.1 Å². The van der Waals surface area contributed by atoms with Crippen molar-refractivity contribution >= 4 is 27.5 Å². The number of amides is 1. The summed E-state index contributed by atoms with van der Waals surface area (Å²) in [7, 11) is 0. The van der Waals surface area contributed by atoms with Gasteiger partial charge < -0.3 is 10.0 Å². The standard InChI is InChI=1S/C20H24FN3O2S/c1-3-4-9-23(10-11-25)19(26)18-12-17-14(2)22-24(20(17)27-18)13-15-5-7-16(21)8-6-15/h5-8,12,25H,3-4,9-11,13H2,1-2H3. The molecule has 0 aliphatic carbocycles. The number of aliphatic hydroxyl groups excluding tert-OH is 1. The van der Waals surface area contributed by atoms with Gasteiger partial charge in [-0.3, -0.25) is 9.48 Å². The van der Waals surface area contributed by atoms with Gasteiger partial charge in [0, 0.05) is 18.5 Å². The van der Waals surface area contributed by atoms with Crippen molar-refractivity contribution in [2.45, 2.75) is 33.2 Å². The monoisotopic (exact) mass is 389 g/mol. The number of nitrogens with zero attached hydrogens (tertiary/aromatic N) is 3. The molecule has 27 heavy (non-hydrogen) atoms. The van der Waals surface area contributed by atoms with E-state index in [1.807, 2.05) is 17.7 Å². The minimum atomic E-state index is -0.263. The lowest BCUT2D eigenvalue weighted by Crippen LogP contribution is -2.33. The van der Waals surface area contributed by atoms with Crippen molar-refractivity contribution in [1.29, 1.82) is 0 Å². The highest BCUT2D eigenvalue weighted by Gasteiger charge is 2.20. The second-order valence-corrected chi connectivity index (χ2v) is 7.60. The van der Waals surface area contributed by atoms with Crippen LogP contribution in [0.15, 0.2) is 30.3 Å². The summed E-state index contributed by atoms with van der Waals surface area (Å²) in [6.07, 6.45) is 1.90. The van der Waals surface area contributed by atoms with Crippen LogP contribution in [0.5, 0.6) is 0 Å². The van der Waals surface area contributed by atoms with E-state index in [9.17, 15) is 14.3 Å². The molecule has 2 heterocycles. The lowest BCUT2D eigenvalue weighted by Gasteiger charge is -2.20. The number of carbonyl (C=O) groups is 1. The zero-order chi connectivity index (χ0) is 19.4. The number of aromatic nitrogens is 2. The molecule has 0 bridgehead atoms. The molecule has 0 aliphatic heterocycles. The van der Waals surface area contributed by atoms with Crippen molar-refractivity contribution in [2.75, 3.05) is 19.7 Å². The summed E-state index contributed by atoms with van der Waals surface area (Å²) in [5.41, 5.74) is 1.82. The van der Waals surface area contributed by atoms with Crippen LogP contribution in [0.3, 0.4) is 0 Å². The Kier molecular flexibility index (Phi) is 6.23. The number of fused-ring (bicyclic) bond motifs is 1. The molecule has 0 atom stereocenters. The highest BCUT2D eigenvalue weighted by Crippen LogP contribution is 2.29. The number of carbonyl (C=O) groups excluding carboxylic acids is 1. The number of unbranched alkanes of at least 4 members (excludes halogenated alkanes) is 1. The lowest BCUT2D eigenvalue weighted by atomic mass is 10.2. The molecule has 0 saturated heterocycles. The molecule has 1 amide bonds. The molecule has 0 spiro atoms. The fourth-order valence-electron chi connectivity index (χ4n) is 3.03. The van der Waals surface area contributed by atoms with Crippen LogP contribution in [0.1, 0.15) is 40.7 Å². The van der Waals surface area contributed by atoms with Crippen LogP contribution >= 0.6 is 11.3 Å². The Morgan fingerprint density at radius 2 is 2.04 bits per heavy atom. The predicted molar refractivity (Wildman–Crippen MR) is 106 cm³/mol. The molecular weight excluding hydrogens is 365 g/mol. The van der Waals surface area contributed by atoms with Crippen LogP contribution < -0.4 is 0 Å². The summed E-state index contributed by atoms with van der Waals surface area (Å²) in [4.78, 5) is 16.2. The summed E-state index contributed by atoms with van der Waals surface area (Å²) in [6, 6.07) is 8.25. The summed E-state index contributed by atoms with van der Waals surface area (Å²) in [5, 5.41) is 14.8. The van der Waals surface area contributed by atoms with Gasteiger partial charge in [0.15, 0.2) is 0 Å². The number of aryl methyl sites for hydroxylation is 1. The van der Waals surface area contributed by atoms with Gasteiger partial charge >= 0.3 is 0 Å². The van der Waals surface area contributed by atoms with Gasteiger partial charge in [0.2, 0.25) is 0 Å². The SMILES string of the molecule is CCCCN(CCO)C(=O)c1cc2c(C)nn(Cc3ccc(F)cc3)c2s1. The highest BCUT2D eigenvalue weighted by atomic mass is 32.1. The Labute approximate surface area is 162 Å². The minimum Gasteiger partial charge on any atom is -0.395 e. The van der Waals surface area contributed by atoms with Crippen LogP contribution in [-0.4, -0.2) is 45.4 Å². The van der Waals surface area contributed by atoms with E-state index in [2.05, 4.69) is 12.0 Å². The van der Waals surface area contributed by atoms with Crippen LogP contribution in [0.25, 0.3) is 10.2 Å². The van der Waals surface area contributed by atoms with E-state index in [4.69, 9.17) is 0 Å². The normalized spacial score (nSPS) is 11.3. The van der Waals surface area contributed by atoms with Crippen molar-refractivity contribution in [3.8, 4) is 0 Å². The molecule has 0 fully saturated rings. The van der Waals surface area contributed by atoms with E-state index in [1.54, 1.807) is 17.0 Å². The molecule has 1 aromatic carbocycles. The fraction of sp³-hybridized carbons (Fsp3) is 0.400. The third kappa shape index (κ3) is 4.36. The Bertz CT molecular complexity index is 917. The predicted octanol–water partition coefficient (Wildman–Crippen LogP) is 3.83. The average Bonchev–Trinajstić information content (AvgIpc) is 3.21. The van der Waals surface area contributed by atoms with Crippen molar-refractivity contribution in [3.05, 3.63) is 52.3 Å². The molecular formula is C20H24FN3O2S. The van der Waals surface area contributed by atoms with Crippen LogP contribution in [-0.2, 0) is 6.54 Å². The van der Waals surface area contributed by atoms with Gasteiger partial charge in [-0.25, -0.2) is 4.39 Å². The van der Waals surface area contributed by atoms with Crippen molar-refractivity contribution < 1.29 is 14.3 Å². The van der Waals surface area contributed by atoms with Crippen molar-refractivity contribution in [3.63, 3.8) is 0 Å². The number of aliphatic hydroxyl groups is 1. The molecule has 5 nitrogen and oxygen atoms in total. The van der Waals surface area contributed by atoms with Crippen molar-refractivity contribution in [1.82, 2.24) is 14.7 Å². The van der Waals surface area contributed by atoms with E-state index in [0.717, 1.165) is 34.3 Å². The maximum atomic E-state index is 13.1. The first-order chi connectivity index (χ1) is 13.0. The maximum absolute atomic E-state index is 13.1. The third-order valence-corrected chi connectivity index (χ3v) is 5.64. The topological polar surface area (TPSA) is 58.4 Å². The maximum Gasteiger partial charge on any atom is 0.264 e. The molecule has 0 saturated carbocycles. The molecule has 2 aromatic heterocycles. The van der Waals surface area contributed by atoms with Crippen molar-refractivity contribution in [2.24, 2.45) is 0 Å². The minimum absolute atomic E-state index is 0.0439. The van der Waals surface area contributed by atoms with E-state index in [0.29, 0.717) is 24.5 Å². The molecule has 0 unspecified atom stereocenters. The molecule has 7 heteroatoms. The molecule has 1 N–H and O–H groups in total. The smallest absolute Gasteiger partial charge is 0.264 e. The molecule has 0 radical (unpaired) electrons. The first kappa shape index (κ1) is 19.5. The summed E-state index contributed by atoms with van der Waals surface area (Å²) >= 11 is 1.42. The van der Waals surface area contributed by atoms with Gasteiger partial charge in [0.05, 0.1) is 23.7 Å². The Balaban J connectivity index is 1.88. The Hall–Kier alpha value is -2.25. The van der Waals surface area contributed by atoms with E-state index in [1.165, 1.54) is 23.5 Å². The number of hydrogen-bond acceptors (Lipinski definition) is 4. The Morgan fingerprint density at radius 3 is 2.70 bits per heavy atom. The molecule has 3 aromatic rings.